The van der Waals surface area contributed by atoms with Gasteiger partial charge in [-0.2, -0.15) is 0 Å². The number of carbonyl (C=O) groups excluding carboxylic acids is 2. The minimum absolute atomic E-state index is 0.0383. The van der Waals surface area contributed by atoms with Crippen molar-refractivity contribution in [2.24, 2.45) is 0 Å². The van der Waals surface area contributed by atoms with E-state index in [1.165, 1.54) is 12.3 Å². The first-order chi connectivity index (χ1) is 13.0. The van der Waals surface area contributed by atoms with Gasteiger partial charge in [0.1, 0.15) is 11.5 Å². The fourth-order valence-electron chi connectivity index (χ4n) is 2.43. The predicted octanol–water partition coefficient (Wildman–Crippen LogP) is 4.65. The van der Waals surface area contributed by atoms with Gasteiger partial charge in [-0.1, -0.05) is 35.9 Å². The monoisotopic (exact) mass is 380 g/mol. The third-order valence-electron chi connectivity index (χ3n) is 3.72. The van der Waals surface area contributed by atoms with Gasteiger partial charge in [0, 0.05) is 11.8 Å². The summed E-state index contributed by atoms with van der Waals surface area (Å²) in [6, 6.07) is 17.4. The Morgan fingerprint density at radius 1 is 1.04 bits per heavy atom. The van der Waals surface area contributed by atoms with Crippen LogP contribution in [-0.2, 0) is 4.79 Å². The smallest absolute Gasteiger partial charge is 0.272 e. The molecule has 0 spiro atoms. The molecule has 0 aliphatic rings. The number of benzene rings is 2. The molecular formula is C21H17ClN2O3. The highest BCUT2D eigenvalue weighted by Gasteiger charge is 2.17. The van der Waals surface area contributed by atoms with E-state index in [0.717, 1.165) is 5.56 Å². The molecule has 2 N–H and O–H groups in total. The Bertz CT molecular complexity index is 994. The van der Waals surface area contributed by atoms with Crippen LogP contribution in [0.2, 0.25) is 5.02 Å². The normalized spacial score (nSPS) is 11.1. The van der Waals surface area contributed by atoms with Crippen LogP contribution in [0.25, 0.3) is 6.08 Å². The predicted molar refractivity (Wildman–Crippen MR) is 105 cm³/mol. The van der Waals surface area contributed by atoms with Crippen molar-refractivity contribution in [3.8, 4) is 0 Å². The van der Waals surface area contributed by atoms with Gasteiger partial charge < -0.3 is 15.1 Å². The van der Waals surface area contributed by atoms with Gasteiger partial charge in [-0.05, 0) is 48.9 Å². The molecule has 136 valence electrons. The summed E-state index contributed by atoms with van der Waals surface area (Å²) in [5.74, 6) is -0.529. The highest BCUT2D eigenvalue weighted by molar-refractivity contribution is 6.34. The van der Waals surface area contributed by atoms with Crippen LogP contribution in [0.5, 0.6) is 0 Å². The number of aryl methyl sites for hydroxylation is 1. The molecule has 3 aromatic rings. The third-order valence-corrected chi connectivity index (χ3v) is 4.05. The highest BCUT2D eigenvalue weighted by atomic mass is 35.5. The van der Waals surface area contributed by atoms with E-state index in [1.807, 2.05) is 25.1 Å². The molecule has 6 heteroatoms. The maximum atomic E-state index is 12.7. The number of furan rings is 1. The molecule has 5 nitrogen and oxygen atoms in total. The van der Waals surface area contributed by atoms with Crippen LogP contribution in [0.1, 0.15) is 21.7 Å². The van der Waals surface area contributed by atoms with Crippen molar-refractivity contribution in [1.82, 2.24) is 5.32 Å². The van der Waals surface area contributed by atoms with Crippen LogP contribution in [-0.4, -0.2) is 11.8 Å². The molecule has 0 fully saturated rings. The fourth-order valence-corrected chi connectivity index (χ4v) is 2.65. The van der Waals surface area contributed by atoms with Crippen LogP contribution in [0.15, 0.2) is 77.0 Å². The number of hydrogen-bond acceptors (Lipinski definition) is 3. The van der Waals surface area contributed by atoms with Gasteiger partial charge in [-0.3, -0.25) is 9.59 Å². The lowest BCUT2D eigenvalue weighted by atomic mass is 10.2. The zero-order chi connectivity index (χ0) is 19.2. The third kappa shape index (κ3) is 4.86. The van der Waals surface area contributed by atoms with Gasteiger partial charge >= 0.3 is 0 Å². The van der Waals surface area contributed by atoms with E-state index >= 15 is 0 Å². The topological polar surface area (TPSA) is 71.3 Å². The van der Waals surface area contributed by atoms with Gasteiger partial charge in [-0.25, -0.2) is 0 Å². The molecule has 1 heterocycles. The number of amides is 2. The molecule has 0 atom stereocenters. The summed E-state index contributed by atoms with van der Waals surface area (Å²) in [5, 5.41) is 5.68. The largest absolute Gasteiger partial charge is 0.465 e. The first kappa shape index (κ1) is 18.5. The van der Waals surface area contributed by atoms with Crippen molar-refractivity contribution >= 4 is 35.2 Å². The molecule has 2 amide bonds. The van der Waals surface area contributed by atoms with E-state index in [1.54, 1.807) is 42.5 Å². The number of nitrogens with one attached hydrogen (secondary N) is 2. The Kier molecular flexibility index (Phi) is 5.74. The maximum absolute atomic E-state index is 12.7. The van der Waals surface area contributed by atoms with E-state index in [9.17, 15) is 9.59 Å². The van der Waals surface area contributed by atoms with E-state index in [4.69, 9.17) is 16.0 Å². The second-order valence-corrected chi connectivity index (χ2v) is 6.24. The summed E-state index contributed by atoms with van der Waals surface area (Å²) < 4.78 is 5.26. The SMILES string of the molecule is Cc1cccc(NC(=O)/C(=C\c2ccco2)NC(=O)c2ccccc2Cl)c1. The van der Waals surface area contributed by atoms with E-state index in [-0.39, 0.29) is 11.3 Å². The van der Waals surface area contributed by atoms with Gasteiger partial charge in [0.05, 0.1) is 16.8 Å². The lowest BCUT2D eigenvalue weighted by molar-refractivity contribution is -0.113. The van der Waals surface area contributed by atoms with Crippen molar-refractivity contribution in [2.45, 2.75) is 6.92 Å². The minimum Gasteiger partial charge on any atom is -0.465 e. The average Bonchev–Trinajstić information content (AvgIpc) is 3.14. The molecule has 3 rings (SSSR count). The Morgan fingerprint density at radius 3 is 2.56 bits per heavy atom. The van der Waals surface area contributed by atoms with Crippen molar-refractivity contribution < 1.29 is 14.0 Å². The molecule has 0 aliphatic heterocycles. The summed E-state index contributed by atoms with van der Waals surface area (Å²) in [6.07, 6.45) is 2.94. The number of carbonyl (C=O) groups is 2. The lowest BCUT2D eigenvalue weighted by Crippen LogP contribution is -2.30. The van der Waals surface area contributed by atoms with Crippen LogP contribution in [0.3, 0.4) is 0 Å². The molecule has 0 saturated carbocycles. The Balaban J connectivity index is 1.86. The first-order valence-corrected chi connectivity index (χ1v) is 8.60. The summed E-state index contributed by atoms with van der Waals surface area (Å²) in [6.45, 7) is 1.93. The molecule has 0 bridgehead atoms. The quantitative estimate of drug-likeness (QED) is 0.633. The number of hydrogen-bond donors (Lipinski definition) is 2. The van der Waals surface area contributed by atoms with E-state index in [0.29, 0.717) is 16.5 Å². The highest BCUT2D eigenvalue weighted by Crippen LogP contribution is 2.17. The summed E-state index contributed by atoms with van der Waals surface area (Å²) in [4.78, 5) is 25.3. The number of rotatable bonds is 5. The average molecular weight is 381 g/mol. The van der Waals surface area contributed by atoms with E-state index in [2.05, 4.69) is 10.6 Å². The molecular weight excluding hydrogens is 364 g/mol. The minimum atomic E-state index is -0.488. The van der Waals surface area contributed by atoms with Crippen LogP contribution in [0.4, 0.5) is 5.69 Å². The summed E-state index contributed by atoms with van der Waals surface area (Å²) >= 11 is 6.07. The summed E-state index contributed by atoms with van der Waals surface area (Å²) in [7, 11) is 0. The molecule has 2 aromatic carbocycles. The van der Waals surface area contributed by atoms with Gasteiger partial charge in [0.2, 0.25) is 0 Å². The zero-order valence-corrected chi connectivity index (χ0v) is 15.3. The number of anilines is 1. The fraction of sp³-hybridized carbons (Fsp3) is 0.0476. The Morgan fingerprint density at radius 2 is 1.85 bits per heavy atom. The maximum Gasteiger partial charge on any atom is 0.272 e. The van der Waals surface area contributed by atoms with Crippen LogP contribution < -0.4 is 10.6 Å². The second kappa shape index (κ2) is 8.38. The molecule has 1 aromatic heterocycles. The van der Waals surface area contributed by atoms with E-state index < -0.39 is 11.8 Å². The molecule has 0 saturated heterocycles. The van der Waals surface area contributed by atoms with Crippen LogP contribution >= 0.6 is 11.6 Å². The zero-order valence-electron chi connectivity index (χ0n) is 14.5. The van der Waals surface area contributed by atoms with Gasteiger partial charge in [-0.15, -0.1) is 0 Å². The van der Waals surface area contributed by atoms with Crippen molar-refractivity contribution in [3.05, 3.63) is 94.5 Å². The van der Waals surface area contributed by atoms with Crippen molar-refractivity contribution in [3.63, 3.8) is 0 Å². The molecule has 0 unspecified atom stereocenters. The standard InChI is InChI=1S/C21H17ClN2O3/c1-14-6-4-7-15(12-14)23-21(26)19(13-16-8-5-11-27-16)24-20(25)17-9-2-3-10-18(17)22/h2-13H,1H3,(H,23,26)(H,24,25)/b19-13+. The van der Waals surface area contributed by atoms with Gasteiger partial charge in [0.25, 0.3) is 11.8 Å². The Labute approximate surface area is 161 Å². The molecule has 27 heavy (non-hydrogen) atoms. The van der Waals surface area contributed by atoms with Crippen LogP contribution in [0, 0.1) is 6.92 Å². The second-order valence-electron chi connectivity index (χ2n) is 5.83. The lowest BCUT2D eigenvalue weighted by Gasteiger charge is -2.12. The van der Waals surface area contributed by atoms with Crippen molar-refractivity contribution in [1.29, 1.82) is 0 Å². The molecule has 0 aliphatic carbocycles. The molecule has 0 radical (unpaired) electrons. The summed E-state index contributed by atoms with van der Waals surface area (Å²) in [5.41, 5.74) is 1.94. The van der Waals surface area contributed by atoms with Gasteiger partial charge in [0.15, 0.2) is 0 Å². The Hall–Kier alpha value is -3.31. The van der Waals surface area contributed by atoms with Crippen molar-refractivity contribution in [2.75, 3.05) is 5.32 Å². The first-order valence-electron chi connectivity index (χ1n) is 8.22. The number of halogens is 1.